The summed E-state index contributed by atoms with van der Waals surface area (Å²) in [6.45, 7) is 4.08. The molecule has 2 fully saturated rings. The van der Waals surface area contributed by atoms with Crippen molar-refractivity contribution in [3.8, 4) is 0 Å². The topological polar surface area (TPSA) is 67.1 Å². The Morgan fingerprint density at radius 2 is 1.96 bits per heavy atom. The third kappa shape index (κ3) is 2.54. The minimum absolute atomic E-state index is 0.0962. The first-order valence-electron chi connectivity index (χ1n) is 9.47. The highest BCUT2D eigenvalue weighted by molar-refractivity contribution is 5.40. The number of rotatable bonds is 2. The average Bonchev–Trinajstić information content (AvgIpc) is 3.33. The highest BCUT2D eigenvalue weighted by atomic mass is 16.3. The third-order valence-corrected chi connectivity index (χ3v) is 6.38. The molecule has 1 N–H and O–H groups in total. The standard InChI is InChI=1S/C19H25N5O/c1-12-15-4-2-5-16(15)22-19(21-12)23-10-13-8-17(24-7-3-6-20-24)18(25)9-14(13)11-23/h3,6-7,13-14,17-18,25H,2,4-5,8-11H2,1H3/t13-,14+,17-,18-/m1/s1. The van der Waals surface area contributed by atoms with Gasteiger partial charge in [0.1, 0.15) is 0 Å². The summed E-state index contributed by atoms with van der Waals surface area (Å²) < 4.78 is 1.93. The van der Waals surface area contributed by atoms with Crippen molar-refractivity contribution in [3.63, 3.8) is 0 Å². The number of hydrogen-bond donors (Lipinski definition) is 1. The van der Waals surface area contributed by atoms with E-state index in [2.05, 4.69) is 16.9 Å². The molecule has 6 heteroatoms. The lowest BCUT2D eigenvalue weighted by molar-refractivity contribution is 0.0306. The molecule has 2 aliphatic carbocycles. The maximum absolute atomic E-state index is 10.6. The fourth-order valence-electron chi connectivity index (χ4n) is 5.08. The van der Waals surface area contributed by atoms with E-state index in [0.717, 1.165) is 50.4 Å². The zero-order valence-electron chi connectivity index (χ0n) is 14.7. The van der Waals surface area contributed by atoms with E-state index in [4.69, 9.17) is 9.97 Å². The van der Waals surface area contributed by atoms with Gasteiger partial charge in [-0.3, -0.25) is 4.68 Å². The van der Waals surface area contributed by atoms with E-state index in [1.807, 2.05) is 16.9 Å². The summed E-state index contributed by atoms with van der Waals surface area (Å²) >= 11 is 0. The van der Waals surface area contributed by atoms with Crippen LogP contribution >= 0.6 is 0 Å². The molecule has 4 atom stereocenters. The maximum Gasteiger partial charge on any atom is 0.225 e. The molecule has 0 radical (unpaired) electrons. The van der Waals surface area contributed by atoms with E-state index in [9.17, 15) is 5.11 Å². The number of nitrogens with zero attached hydrogens (tertiary/aromatic N) is 5. The first-order chi connectivity index (χ1) is 12.2. The number of hydrogen-bond acceptors (Lipinski definition) is 5. The number of fused-ring (bicyclic) bond motifs is 2. The van der Waals surface area contributed by atoms with Gasteiger partial charge in [0.2, 0.25) is 5.95 Å². The van der Waals surface area contributed by atoms with Crippen LogP contribution in [0.1, 0.15) is 42.3 Å². The first-order valence-corrected chi connectivity index (χ1v) is 9.47. The summed E-state index contributed by atoms with van der Waals surface area (Å²) in [7, 11) is 0. The van der Waals surface area contributed by atoms with Crippen LogP contribution in [0.3, 0.4) is 0 Å². The van der Waals surface area contributed by atoms with E-state index in [-0.39, 0.29) is 12.1 Å². The second-order valence-corrected chi connectivity index (χ2v) is 7.91. The van der Waals surface area contributed by atoms with E-state index >= 15 is 0 Å². The number of aliphatic hydroxyl groups excluding tert-OH is 1. The Hall–Kier alpha value is -1.95. The van der Waals surface area contributed by atoms with Crippen molar-refractivity contribution in [2.75, 3.05) is 18.0 Å². The van der Waals surface area contributed by atoms with Gasteiger partial charge in [-0.25, -0.2) is 9.97 Å². The van der Waals surface area contributed by atoms with Gasteiger partial charge in [0.05, 0.1) is 12.1 Å². The van der Waals surface area contributed by atoms with Gasteiger partial charge in [-0.1, -0.05) is 0 Å². The van der Waals surface area contributed by atoms with Crippen LogP contribution < -0.4 is 4.90 Å². The van der Waals surface area contributed by atoms with Crippen molar-refractivity contribution in [3.05, 3.63) is 35.4 Å². The molecule has 0 spiro atoms. The predicted octanol–water partition coefficient (Wildman–Crippen LogP) is 1.92. The van der Waals surface area contributed by atoms with Gasteiger partial charge in [-0.05, 0) is 62.5 Å². The van der Waals surface area contributed by atoms with Gasteiger partial charge >= 0.3 is 0 Å². The van der Waals surface area contributed by atoms with E-state index < -0.39 is 0 Å². The molecule has 5 rings (SSSR count). The zero-order chi connectivity index (χ0) is 17.0. The average molecular weight is 339 g/mol. The van der Waals surface area contributed by atoms with Crippen LogP contribution in [-0.4, -0.2) is 44.0 Å². The number of aryl methyl sites for hydroxylation is 2. The molecule has 132 valence electrons. The van der Waals surface area contributed by atoms with Crippen LogP contribution in [0, 0.1) is 18.8 Å². The summed E-state index contributed by atoms with van der Waals surface area (Å²) in [4.78, 5) is 12.0. The van der Waals surface area contributed by atoms with Crippen LogP contribution in [0.2, 0.25) is 0 Å². The lowest BCUT2D eigenvalue weighted by Crippen LogP contribution is -2.36. The highest BCUT2D eigenvalue weighted by Crippen LogP contribution is 2.42. The van der Waals surface area contributed by atoms with E-state index in [0.29, 0.717) is 11.8 Å². The Labute approximate surface area is 147 Å². The maximum atomic E-state index is 10.6. The lowest BCUT2D eigenvalue weighted by Gasteiger charge is -2.35. The molecule has 0 aromatic carbocycles. The van der Waals surface area contributed by atoms with Crippen LogP contribution in [0.25, 0.3) is 0 Å². The molecule has 0 unspecified atom stereocenters. The molecule has 2 aromatic heterocycles. The van der Waals surface area contributed by atoms with E-state index in [1.54, 1.807) is 6.20 Å². The number of aliphatic hydroxyl groups is 1. The quantitative estimate of drug-likeness (QED) is 0.905. The summed E-state index contributed by atoms with van der Waals surface area (Å²) in [6.07, 6.45) is 8.69. The Kier molecular flexibility index (Phi) is 3.55. The Balaban J connectivity index is 1.37. The molecule has 3 aliphatic rings. The molecule has 6 nitrogen and oxygen atoms in total. The highest BCUT2D eigenvalue weighted by Gasteiger charge is 2.43. The van der Waals surface area contributed by atoms with Crippen LogP contribution in [-0.2, 0) is 12.8 Å². The third-order valence-electron chi connectivity index (χ3n) is 6.38. The molecule has 3 heterocycles. The fourth-order valence-corrected chi connectivity index (χ4v) is 5.08. The van der Waals surface area contributed by atoms with Crippen LogP contribution in [0.15, 0.2) is 18.5 Å². The molecule has 2 aromatic rings. The second-order valence-electron chi connectivity index (χ2n) is 7.91. The summed E-state index contributed by atoms with van der Waals surface area (Å²) in [5.41, 5.74) is 3.78. The van der Waals surface area contributed by atoms with Crippen LogP contribution in [0.4, 0.5) is 5.95 Å². The summed E-state index contributed by atoms with van der Waals surface area (Å²) in [5, 5.41) is 15.0. The molecule has 1 saturated carbocycles. The van der Waals surface area contributed by atoms with Crippen molar-refractivity contribution in [1.82, 2.24) is 19.7 Å². The monoisotopic (exact) mass is 339 g/mol. The summed E-state index contributed by atoms with van der Waals surface area (Å²) in [5.74, 6) is 2.01. The van der Waals surface area contributed by atoms with Gasteiger partial charge < -0.3 is 10.0 Å². The lowest BCUT2D eigenvalue weighted by atomic mass is 9.77. The van der Waals surface area contributed by atoms with Crippen molar-refractivity contribution in [2.24, 2.45) is 11.8 Å². The molecule has 25 heavy (non-hydrogen) atoms. The minimum atomic E-state index is -0.316. The van der Waals surface area contributed by atoms with Gasteiger partial charge in [0, 0.05) is 36.9 Å². The minimum Gasteiger partial charge on any atom is -0.391 e. The van der Waals surface area contributed by atoms with Gasteiger partial charge in [0.15, 0.2) is 0 Å². The van der Waals surface area contributed by atoms with Gasteiger partial charge in [-0.2, -0.15) is 5.10 Å². The summed E-state index contributed by atoms with van der Waals surface area (Å²) in [6, 6.07) is 2.03. The van der Waals surface area contributed by atoms with Gasteiger partial charge in [-0.15, -0.1) is 0 Å². The molecule has 1 aliphatic heterocycles. The fraction of sp³-hybridized carbons (Fsp3) is 0.632. The van der Waals surface area contributed by atoms with Crippen molar-refractivity contribution in [2.45, 2.75) is 51.2 Å². The van der Waals surface area contributed by atoms with Crippen molar-refractivity contribution >= 4 is 5.95 Å². The number of aromatic nitrogens is 4. The molecular weight excluding hydrogens is 314 g/mol. The Morgan fingerprint density at radius 1 is 1.12 bits per heavy atom. The molecule has 0 bridgehead atoms. The van der Waals surface area contributed by atoms with Crippen molar-refractivity contribution in [1.29, 1.82) is 0 Å². The van der Waals surface area contributed by atoms with Crippen LogP contribution in [0.5, 0.6) is 0 Å². The Bertz CT molecular complexity index is 774. The largest absolute Gasteiger partial charge is 0.391 e. The van der Waals surface area contributed by atoms with Crippen molar-refractivity contribution < 1.29 is 5.11 Å². The Morgan fingerprint density at radius 3 is 2.76 bits per heavy atom. The molecule has 0 amide bonds. The SMILES string of the molecule is Cc1nc(N2C[C@H]3C[C@@H](n4cccn4)[C@H](O)C[C@H]3C2)nc2c1CCC2. The molecule has 1 saturated heterocycles. The van der Waals surface area contributed by atoms with Gasteiger partial charge in [0.25, 0.3) is 0 Å². The predicted molar refractivity (Wildman–Crippen MR) is 94.5 cm³/mol. The second kappa shape index (κ2) is 5.80. The number of anilines is 1. The first kappa shape index (κ1) is 15.3. The smallest absolute Gasteiger partial charge is 0.225 e. The zero-order valence-corrected chi connectivity index (χ0v) is 14.7. The molecular formula is C19H25N5O. The normalized spacial score (nSPS) is 31.2. The van der Waals surface area contributed by atoms with E-state index in [1.165, 1.54) is 17.7 Å².